The van der Waals surface area contributed by atoms with E-state index < -0.39 is 23.9 Å². The molecule has 7 heteroatoms. The molecule has 1 rings (SSSR count). The van der Waals surface area contributed by atoms with E-state index in [1.165, 1.54) is 6.07 Å². The lowest BCUT2D eigenvalue weighted by Gasteiger charge is -2.19. The van der Waals surface area contributed by atoms with E-state index in [0.29, 0.717) is 17.3 Å². The maximum absolute atomic E-state index is 12.7. The van der Waals surface area contributed by atoms with Gasteiger partial charge in [0.15, 0.2) is 0 Å². The minimum Gasteiger partial charge on any atom is -0.465 e. The Balaban J connectivity index is 3.16. The van der Waals surface area contributed by atoms with Gasteiger partial charge in [0.1, 0.15) is 0 Å². The normalized spacial score (nSPS) is 12.8. The fourth-order valence-corrected chi connectivity index (χ4v) is 2.25. The van der Waals surface area contributed by atoms with Gasteiger partial charge in [0.25, 0.3) is 0 Å². The SMILES string of the molecule is C=CCC[C@H](NC(=O)O)c1cc(C(F)(F)F)ccc1Br. The smallest absolute Gasteiger partial charge is 0.416 e. The van der Waals surface area contributed by atoms with Crippen molar-refractivity contribution in [3.05, 3.63) is 46.5 Å². The number of carbonyl (C=O) groups is 1. The molecule has 0 saturated carbocycles. The standard InChI is InChI=1S/C13H13BrF3NO2/c1-2-3-4-11(18-12(19)20)9-7-8(13(15,16)17)5-6-10(9)14/h2,5-7,11,18H,1,3-4H2,(H,19,20)/t11-/m0/s1. The van der Waals surface area contributed by atoms with E-state index in [2.05, 4.69) is 27.8 Å². The zero-order valence-corrected chi connectivity index (χ0v) is 12.0. The van der Waals surface area contributed by atoms with Crippen molar-refractivity contribution in [3.63, 3.8) is 0 Å². The molecular weight excluding hydrogens is 339 g/mol. The number of rotatable bonds is 5. The molecule has 2 N–H and O–H groups in total. The van der Waals surface area contributed by atoms with Gasteiger partial charge in [0.05, 0.1) is 11.6 Å². The third-order valence-corrected chi connectivity index (χ3v) is 3.38. The summed E-state index contributed by atoms with van der Waals surface area (Å²) in [6, 6.07) is 2.43. The number of halogens is 4. The van der Waals surface area contributed by atoms with Crippen LogP contribution in [0.15, 0.2) is 35.3 Å². The molecule has 0 unspecified atom stereocenters. The van der Waals surface area contributed by atoms with Gasteiger partial charge in [-0.2, -0.15) is 13.2 Å². The fraction of sp³-hybridized carbons (Fsp3) is 0.308. The molecule has 1 aromatic rings. The fourth-order valence-electron chi connectivity index (χ4n) is 1.73. The Bertz CT molecular complexity index is 503. The average Bonchev–Trinajstić information content (AvgIpc) is 2.33. The largest absolute Gasteiger partial charge is 0.465 e. The molecule has 0 saturated heterocycles. The number of hydrogen-bond acceptors (Lipinski definition) is 1. The average molecular weight is 352 g/mol. The van der Waals surface area contributed by atoms with Crippen LogP contribution < -0.4 is 5.32 Å². The second-order valence-corrected chi connectivity index (χ2v) is 4.96. The quantitative estimate of drug-likeness (QED) is 0.752. The van der Waals surface area contributed by atoms with Gasteiger partial charge in [0, 0.05) is 4.47 Å². The molecule has 1 atom stereocenters. The first-order chi connectivity index (χ1) is 9.25. The van der Waals surface area contributed by atoms with E-state index in [4.69, 9.17) is 5.11 Å². The van der Waals surface area contributed by atoms with E-state index in [0.717, 1.165) is 12.1 Å². The highest BCUT2D eigenvalue weighted by Gasteiger charge is 2.31. The summed E-state index contributed by atoms with van der Waals surface area (Å²) >= 11 is 3.15. The lowest BCUT2D eigenvalue weighted by atomic mass is 9.99. The molecule has 0 heterocycles. The van der Waals surface area contributed by atoms with Crippen LogP contribution in [0.3, 0.4) is 0 Å². The van der Waals surface area contributed by atoms with Crippen molar-refractivity contribution in [2.24, 2.45) is 0 Å². The van der Waals surface area contributed by atoms with Crippen LogP contribution in [-0.2, 0) is 6.18 Å². The van der Waals surface area contributed by atoms with Gasteiger partial charge >= 0.3 is 12.3 Å². The van der Waals surface area contributed by atoms with E-state index in [-0.39, 0.29) is 5.56 Å². The highest BCUT2D eigenvalue weighted by Crippen LogP contribution is 2.35. The summed E-state index contributed by atoms with van der Waals surface area (Å²) in [6.07, 6.45) is -3.37. The van der Waals surface area contributed by atoms with Crippen molar-refractivity contribution < 1.29 is 23.1 Å². The summed E-state index contributed by atoms with van der Waals surface area (Å²) in [6.45, 7) is 3.52. The van der Waals surface area contributed by atoms with Crippen LogP contribution in [0.4, 0.5) is 18.0 Å². The molecule has 0 aliphatic heterocycles. The molecule has 3 nitrogen and oxygen atoms in total. The summed E-state index contributed by atoms with van der Waals surface area (Å²) in [4.78, 5) is 10.8. The minimum absolute atomic E-state index is 0.254. The van der Waals surface area contributed by atoms with Crippen molar-refractivity contribution >= 4 is 22.0 Å². The van der Waals surface area contributed by atoms with Gasteiger partial charge in [-0.15, -0.1) is 6.58 Å². The first kappa shape index (κ1) is 16.6. The van der Waals surface area contributed by atoms with Gasteiger partial charge in [-0.1, -0.05) is 22.0 Å². The second kappa shape index (κ2) is 6.78. The van der Waals surface area contributed by atoms with Gasteiger partial charge in [0.2, 0.25) is 0 Å². The predicted molar refractivity (Wildman–Crippen MR) is 72.5 cm³/mol. The van der Waals surface area contributed by atoms with Crippen LogP contribution >= 0.6 is 15.9 Å². The molecule has 1 amide bonds. The minimum atomic E-state index is -4.47. The summed E-state index contributed by atoms with van der Waals surface area (Å²) in [7, 11) is 0. The molecule has 0 radical (unpaired) electrons. The predicted octanol–water partition coefficient (Wildman–Crippen LogP) is 4.74. The summed E-state index contributed by atoms with van der Waals surface area (Å²) in [5.41, 5.74) is -0.560. The molecule has 0 spiro atoms. The Morgan fingerprint density at radius 2 is 2.15 bits per heavy atom. The molecular formula is C13H13BrF3NO2. The second-order valence-electron chi connectivity index (χ2n) is 4.10. The van der Waals surface area contributed by atoms with Crippen LogP contribution in [-0.4, -0.2) is 11.2 Å². The maximum atomic E-state index is 12.7. The third-order valence-electron chi connectivity index (χ3n) is 2.66. The molecule has 0 aromatic heterocycles. The Hall–Kier alpha value is -1.50. The molecule has 0 fully saturated rings. The monoisotopic (exact) mass is 351 g/mol. The number of allylic oxidation sites excluding steroid dienone is 1. The van der Waals surface area contributed by atoms with E-state index in [1.54, 1.807) is 6.08 Å². The van der Waals surface area contributed by atoms with Crippen LogP contribution in [0, 0.1) is 0 Å². The Labute approximate surface area is 122 Å². The van der Waals surface area contributed by atoms with E-state index in [9.17, 15) is 18.0 Å². The first-order valence-electron chi connectivity index (χ1n) is 5.72. The maximum Gasteiger partial charge on any atom is 0.416 e. The van der Waals surface area contributed by atoms with Crippen molar-refractivity contribution in [2.45, 2.75) is 25.1 Å². The van der Waals surface area contributed by atoms with Gasteiger partial charge in [-0.25, -0.2) is 4.79 Å². The van der Waals surface area contributed by atoms with Crippen molar-refractivity contribution in [2.75, 3.05) is 0 Å². The number of amides is 1. The zero-order chi connectivity index (χ0) is 15.3. The number of carboxylic acid groups (broad SMARTS) is 1. The summed E-state index contributed by atoms with van der Waals surface area (Å²) in [5.74, 6) is 0. The third kappa shape index (κ3) is 4.56. The highest BCUT2D eigenvalue weighted by molar-refractivity contribution is 9.10. The molecule has 0 aliphatic carbocycles. The van der Waals surface area contributed by atoms with Crippen LogP contribution in [0.2, 0.25) is 0 Å². The zero-order valence-electron chi connectivity index (χ0n) is 10.4. The summed E-state index contributed by atoms with van der Waals surface area (Å²) < 4.78 is 38.6. The number of benzene rings is 1. The highest BCUT2D eigenvalue weighted by atomic mass is 79.9. The van der Waals surface area contributed by atoms with Crippen LogP contribution in [0.1, 0.15) is 30.0 Å². The topological polar surface area (TPSA) is 49.3 Å². The van der Waals surface area contributed by atoms with Crippen LogP contribution in [0.5, 0.6) is 0 Å². The lowest BCUT2D eigenvalue weighted by Crippen LogP contribution is -2.27. The van der Waals surface area contributed by atoms with Gasteiger partial charge in [-0.3, -0.25) is 0 Å². The van der Waals surface area contributed by atoms with Crippen molar-refractivity contribution in [3.8, 4) is 0 Å². The van der Waals surface area contributed by atoms with Gasteiger partial charge in [-0.05, 0) is 36.6 Å². The van der Waals surface area contributed by atoms with E-state index in [1.807, 2.05) is 0 Å². The molecule has 0 bridgehead atoms. The Kier molecular flexibility index (Phi) is 5.62. The lowest BCUT2D eigenvalue weighted by molar-refractivity contribution is -0.137. The van der Waals surface area contributed by atoms with Crippen molar-refractivity contribution in [1.29, 1.82) is 0 Å². The number of alkyl halides is 3. The van der Waals surface area contributed by atoms with Gasteiger partial charge < -0.3 is 10.4 Å². The Morgan fingerprint density at radius 1 is 1.50 bits per heavy atom. The number of hydrogen-bond donors (Lipinski definition) is 2. The molecule has 0 aliphatic rings. The first-order valence-corrected chi connectivity index (χ1v) is 6.52. The number of nitrogens with one attached hydrogen (secondary N) is 1. The summed E-state index contributed by atoms with van der Waals surface area (Å²) in [5, 5.41) is 11.0. The molecule has 1 aromatic carbocycles. The van der Waals surface area contributed by atoms with Crippen LogP contribution in [0.25, 0.3) is 0 Å². The molecule has 110 valence electrons. The van der Waals surface area contributed by atoms with E-state index >= 15 is 0 Å². The van der Waals surface area contributed by atoms with Crippen molar-refractivity contribution in [1.82, 2.24) is 5.32 Å². The molecule has 20 heavy (non-hydrogen) atoms. The Morgan fingerprint density at radius 3 is 2.65 bits per heavy atom.